The van der Waals surface area contributed by atoms with E-state index in [1.165, 1.54) is 5.06 Å². The Labute approximate surface area is 101 Å². The van der Waals surface area contributed by atoms with Gasteiger partial charge in [-0.1, -0.05) is 6.07 Å². The van der Waals surface area contributed by atoms with E-state index in [1.54, 1.807) is 6.20 Å². The van der Waals surface area contributed by atoms with Gasteiger partial charge < -0.3 is 5.32 Å². The molecule has 1 saturated heterocycles. The summed E-state index contributed by atoms with van der Waals surface area (Å²) in [5, 5.41) is 4.21. The number of rotatable bonds is 2. The van der Waals surface area contributed by atoms with Gasteiger partial charge in [-0.05, 0) is 31.4 Å². The summed E-state index contributed by atoms with van der Waals surface area (Å²) < 4.78 is 0. The van der Waals surface area contributed by atoms with Crippen LogP contribution in [0.25, 0.3) is 0 Å². The van der Waals surface area contributed by atoms with Gasteiger partial charge in [0.25, 0.3) is 0 Å². The van der Waals surface area contributed by atoms with Crippen molar-refractivity contribution in [1.29, 1.82) is 0 Å². The Morgan fingerprint density at radius 2 is 2.35 bits per heavy atom. The van der Waals surface area contributed by atoms with Crippen LogP contribution in [0.3, 0.4) is 0 Å². The molecule has 0 aromatic carbocycles. The van der Waals surface area contributed by atoms with Gasteiger partial charge in [0.05, 0.1) is 25.4 Å². The summed E-state index contributed by atoms with van der Waals surface area (Å²) in [6.07, 6.45) is 4.84. The zero-order chi connectivity index (χ0) is 11.9. The van der Waals surface area contributed by atoms with Crippen molar-refractivity contribution < 1.29 is 9.63 Å². The second-order valence-electron chi connectivity index (χ2n) is 3.98. The van der Waals surface area contributed by atoms with Crippen molar-refractivity contribution in [2.75, 3.05) is 13.2 Å². The highest BCUT2D eigenvalue weighted by Crippen LogP contribution is 2.07. The molecular weight excluding hydrogens is 218 g/mol. The third-order valence-electron chi connectivity index (χ3n) is 2.63. The molecule has 5 nitrogen and oxygen atoms in total. The molecule has 1 aromatic rings. The number of hydrogen-bond acceptors (Lipinski definition) is 3. The molecular formula is C12H17N3O2. The summed E-state index contributed by atoms with van der Waals surface area (Å²) in [6, 6.07) is 5.45. The maximum absolute atomic E-state index is 11.8. The summed E-state index contributed by atoms with van der Waals surface area (Å²) in [7, 11) is 0. The fraction of sp³-hybridized carbons (Fsp3) is 0.500. The van der Waals surface area contributed by atoms with E-state index in [0.29, 0.717) is 19.7 Å². The van der Waals surface area contributed by atoms with Gasteiger partial charge >= 0.3 is 6.03 Å². The van der Waals surface area contributed by atoms with Crippen molar-refractivity contribution in [3.63, 3.8) is 0 Å². The first-order valence-electron chi connectivity index (χ1n) is 5.94. The van der Waals surface area contributed by atoms with E-state index < -0.39 is 0 Å². The molecule has 1 aliphatic rings. The van der Waals surface area contributed by atoms with Crippen LogP contribution in [0.4, 0.5) is 4.79 Å². The van der Waals surface area contributed by atoms with E-state index in [4.69, 9.17) is 4.84 Å². The molecule has 92 valence electrons. The molecule has 2 heterocycles. The maximum Gasteiger partial charge on any atom is 0.341 e. The third-order valence-corrected chi connectivity index (χ3v) is 2.63. The Bertz CT molecular complexity index is 348. The SMILES string of the molecule is O=C(NCc1ccccn1)N1CCCCCO1. The summed E-state index contributed by atoms with van der Waals surface area (Å²) in [5.41, 5.74) is 0.843. The number of carbonyl (C=O) groups excluding carboxylic acids is 1. The van der Waals surface area contributed by atoms with Crippen molar-refractivity contribution in [2.45, 2.75) is 25.8 Å². The Hall–Kier alpha value is -1.62. The van der Waals surface area contributed by atoms with Crippen molar-refractivity contribution in [3.05, 3.63) is 30.1 Å². The van der Waals surface area contributed by atoms with Crippen LogP contribution in [0.2, 0.25) is 0 Å². The van der Waals surface area contributed by atoms with E-state index in [1.807, 2.05) is 18.2 Å². The Balaban J connectivity index is 1.80. The largest absolute Gasteiger partial charge is 0.341 e. The van der Waals surface area contributed by atoms with Crippen molar-refractivity contribution >= 4 is 6.03 Å². The molecule has 0 aliphatic carbocycles. The van der Waals surface area contributed by atoms with E-state index >= 15 is 0 Å². The smallest absolute Gasteiger partial charge is 0.331 e. The van der Waals surface area contributed by atoms with Gasteiger partial charge in [0, 0.05) is 6.20 Å². The monoisotopic (exact) mass is 235 g/mol. The van der Waals surface area contributed by atoms with Crippen LogP contribution in [-0.4, -0.2) is 29.2 Å². The first-order valence-corrected chi connectivity index (χ1v) is 5.94. The molecule has 0 unspecified atom stereocenters. The average molecular weight is 235 g/mol. The fourth-order valence-electron chi connectivity index (χ4n) is 1.69. The van der Waals surface area contributed by atoms with E-state index in [0.717, 1.165) is 25.0 Å². The van der Waals surface area contributed by atoms with Crippen molar-refractivity contribution in [1.82, 2.24) is 15.4 Å². The summed E-state index contributed by atoms with van der Waals surface area (Å²) in [5.74, 6) is 0. The zero-order valence-corrected chi connectivity index (χ0v) is 9.76. The highest BCUT2D eigenvalue weighted by atomic mass is 16.7. The Morgan fingerprint density at radius 3 is 3.18 bits per heavy atom. The lowest BCUT2D eigenvalue weighted by molar-refractivity contribution is -0.109. The fourth-order valence-corrected chi connectivity index (χ4v) is 1.69. The van der Waals surface area contributed by atoms with Gasteiger partial charge in [-0.2, -0.15) is 0 Å². The van der Waals surface area contributed by atoms with E-state index in [9.17, 15) is 4.79 Å². The minimum Gasteiger partial charge on any atom is -0.331 e. The summed E-state index contributed by atoms with van der Waals surface area (Å²) in [4.78, 5) is 21.3. The molecule has 1 fully saturated rings. The Morgan fingerprint density at radius 1 is 1.41 bits per heavy atom. The lowest BCUT2D eigenvalue weighted by Crippen LogP contribution is -2.39. The number of aromatic nitrogens is 1. The summed E-state index contributed by atoms with van der Waals surface area (Å²) >= 11 is 0. The molecule has 1 N–H and O–H groups in total. The zero-order valence-electron chi connectivity index (χ0n) is 9.76. The highest BCUT2D eigenvalue weighted by molar-refractivity contribution is 5.72. The first-order chi connectivity index (χ1) is 8.36. The van der Waals surface area contributed by atoms with Gasteiger partial charge in [0.15, 0.2) is 0 Å². The number of carbonyl (C=O) groups is 1. The number of hydrogen-bond donors (Lipinski definition) is 1. The standard InChI is InChI=1S/C12H17N3O2/c16-12(15-8-4-1-5-9-17-15)14-10-11-6-2-3-7-13-11/h2-3,6-7H,1,4-5,8-10H2,(H,14,16). The number of amides is 2. The van der Waals surface area contributed by atoms with Crippen LogP contribution < -0.4 is 5.32 Å². The van der Waals surface area contributed by atoms with Crippen molar-refractivity contribution in [3.8, 4) is 0 Å². The average Bonchev–Trinajstić information content (AvgIpc) is 2.66. The normalized spacial score (nSPS) is 16.4. The topological polar surface area (TPSA) is 54.5 Å². The predicted octanol–water partition coefficient (Wildman–Crippen LogP) is 1.71. The second kappa shape index (κ2) is 6.20. The van der Waals surface area contributed by atoms with E-state index in [-0.39, 0.29) is 6.03 Å². The summed E-state index contributed by atoms with van der Waals surface area (Å²) in [6.45, 7) is 1.71. The molecule has 2 amide bonds. The molecule has 0 saturated carbocycles. The van der Waals surface area contributed by atoms with Crippen LogP contribution in [0.15, 0.2) is 24.4 Å². The van der Waals surface area contributed by atoms with Crippen LogP contribution in [0.5, 0.6) is 0 Å². The van der Waals surface area contributed by atoms with Crippen LogP contribution in [0, 0.1) is 0 Å². The van der Waals surface area contributed by atoms with Gasteiger partial charge in [0.2, 0.25) is 0 Å². The number of hydroxylamine groups is 2. The van der Waals surface area contributed by atoms with Gasteiger partial charge in [-0.25, -0.2) is 9.86 Å². The molecule has 0 radical (unpaired) electrons. The third kappa shape index (κ3) is 3.71. The quantitative estimate of drug-likeness (QED) is 0.849. The first kappa shape index (κ1) is 11.9. The highest BCUT2D eigenvalue weighted by Gasteiger charge is 2.15. The van der Waals surface area contributed by atoms with Crippen LogP contribution in [-0.2, 0) is 11.4 Å². The molecule has 0 atom stereocenters. The van der Waals surface area contributed by atoms with Crippen LogP contribution in [0.1, 0.15) is 25.0 Å². The Kier molecular flexibility index (Phi) is 4.32. The molecule has 1 aromatic heterocycles. The molecule has 0 bridgehead atoms. The van der Waals surface area contributed by atoms with Crippen LogP contribution >= 0.6 is 0 Å². The maximum atomic E-state index is 11.8. The number of nitrogens with one attached hydrogen (secondary N) is 1. The molecule has 0 spiro atoms. The lowest BCUT2D eigenvalue weighted by Gasteiger charge is -2.19. The minimum atomic E-state index is -0.183. The van der Waals surface area contributed by atoms with Crippen molar-refractivity contribution in [2.24, 2.45) is 0 Å². The molecule has 2 rings (SSSR count). The van der Waals surface area contributed by atoms with E-state index in [2.05, 4.69) is 10.3 Å². The van der Waals surface area contributed by atoms with Gasteiger partial charge in [-0.3, -0.25) is 9.82 Å². The number of pyridine rings is 1. The van der Waals surface area contributed by atoms with Gasteiger partial charge in [-0.15, -0.1) is 0 Å². The minimum absolute atomic E-state index is 0.183. The second-order valence-corrected chi connectivity index (χ2v) is 3.98. The molecule has 5 heteroatoms. The number of nitrogens with zero attached hydrogens (tertiary/aromatic N) is 2. The van der Waals surface area contributed by atoms with Gasteiger partial charge in [0.1, 0.15) is 0 Å². The molecule has 17 heavy (non-hydrogen) atoms. The number of urea groups is 1. The predicted molar refractivity (Wildman–Crippen MR) is 63.0 cm³/mol. The lowest BCUT2D eigenvalue weighted by atomic mass is 10.2. The molecule has 1 aliphatic heterocycles.